The normalized spacial score (nSPS) is 13.4. The van der Waals surface area contributed by atoms with Gasteiger partial charge in [-0.25, -0.2) is 4.98 Å². The number of aromatic nitrogens is 2. The van der Waals surface area contributed by atoms with E-state index in [2.05, 4.69) is 4.98 Å². The van der Waals surface area contributed by atoms with Gasteiger partial charge in [0.2, 0.25) is 5.91 Å². The third kappa shape index (κ3) is 3.78. The van der Waals surface area contributed by atoms with E-state index in [9.17, 15) is 23.2 Å². The maximum Gasteiger partial charge on any atom is 0.319 e. The van der Waals surface area contributed by atoms with Crippen LogP contribution in [-0.2, 0) is 11.3 Å². The molecule has 0 aliphatic carbocycles. The molecule has 1 aliphatic heterocycles. The van der Waals surface area contributed by atoms with Gasteiger partial charge in [-0.05, 0) is 25.5 Å². The van der Waals surface area contributed by atoms with Crippen molar-refractivity contribution in [3.8, 4) is 0 Å². The molecular weight excluding hydrogens is 370 g/mol. The van der Waals surface area contributed by atoms with Gasteiger partial charge in [-0.1, -0.05) is 11.6 Å². The second-order valence-corrected chi connectivity index (χ2v) is 6.69. The van der Waals surface area contributed by atoms with Gasteiger partial charge in [0.25, 0.3) is 11.8 Å². The van der Waals surface area contributed by atoms with Crippen LogP contribution in [0.3, 0.4) is 0 Å². The van der Waals surface area contributed by atoms with Crippen LogP contribution in [0.25, 0.3) is 0 Å². The number of rotatable bonds is 7. The van der Waals surface area contributed by atoms with Crippen LogP contribution >= 0.6 is 0 Å². The van der Waals surface area contributed by atoms with Gasteiger partial charge in [0.05, 0.1) is 17.7 Å². The number of hydrogen-bond acceptors (Lipinski definition) is 4. The zero-order valence-corrected chi connectivity index (χ0v) is 15.6. The highest BCUT2D eigenvalue weighted by Gasteiger charge is 2.35. The topological polar surface area (TPSA) is 75.5 Å². The molecule has 9 heteroatoms. The predicted octanol–water partition coefficient (Wildman–Crippen LogP) is 2.62. The SMILES string of the molecule is Cc1ccc2c(c1)C(=O)N(CCCC(=O)N(C)Cc1nccn1C(F)F)C2=O. The van der Waals surface area contributed by atoms with Crippen molar-refractivity contribution in [2.45, 2.75) is 32.9 Å². The third-order valence-electron chi connectivity index (χ3n) is 4.66. The number of carbonyl (C=O) groups excluding carboxylic acids is 3. The number of carbonyl (C=O) groups is 3. The first-order valence-electron chi connectivity index (χ1n) is 8.80. The molecule has 0 fully saturated rings. The number of imidazole rings is 1. The Balaban J connectivity index is 1.54. The van der Waals surface area contributed by atoms with Gasteiger partial charge < -0.3 is 4.90 Å². The molecule has 0 spiro atoms. The zero-order valence-electron chi connectivity index (χ0n) is 15.6. The van der Waals surface area contributed by atoms with Gasteiger partial charge in [-0.3, -0.25) is 23.9 Å². The van der Waals surface area contributed by atoms with Gasteiger partial charge in [-0.2, -0.15) is 8.78 Å². The first-order valence-corrected chi connectivity index (χ1v) is 8.80. The Morgan fingerprint density at radius 1 is 1.21 bits per heavy atom. The Kier molecular flexibility index (Phi) is 5.53. The highest BCUT2D eigenvalue weighted by atomic mass is 19.3. The molecule has 1 aliphatic rings. The first kappa shape index (κ1) is 19.7. The lowest BCUT2D eigenvalue weighted by Gasteiger charge is -2.18. The number of benzene rings is 1. The highest BCUT2D eigenvalue weighted by molar-refractivity contribution is 6.21. The van der Waals surface area contributed by atoms with Gasteiger partial charge in [0.1, 0.15) is 5.82 Å². The fourth-order valence-corrected chi connectivity index (χ4v) is 3.13. The summed E-state index contributed by atoms with van der Waals surface area (Å²) in [6.07, 6.45) is 2.78. The summed E-state index contributed by atoms with van der Waals surface area (Å²) in [6.45, 7) is -0.813. The molecule has 0 atom stereocenters. The van der Waals surface area contributed by atoms with Crippen molar-refractivity contribution in [3.63, 3.8) is 0 Å². The molecule has 2 aromatic rings. The summed E-state index contributed by atoms with van der Waals surface area (Å²) in [4.78, 5) is 43.3. The predicted molar refractivity (Wildman–Crippen MR) is 95.7 cm³/mol. The van der Waals surface area contributed by atoms with Crippen molar-refractivity contribution in [1.82, 2.24) is 19.4 Å². The zero-order chi connectivity index (χ0) is 20.4. The number of nitrogens with zero attached hydrogens (tertiary/aromatic N) is 4. The van der Waals surface area contributed by atoms with E-state index in [1.54, 1.807) is 18.2 Å². The Bertz CT molecular complexity index is 926. The maximum atomic E-state index is 12.8. The average molecular weight is 390 g/mol. The molecule has 7 nitrogen and oxygen atoms in total. The second-order valence-electron chi connectivity index (χ2n) is 6.69. The third-order valence-corrected chi connectivity index (χ3v) is 4.66. The lowest BCUT2D eigenvalue weighted by atomic mass is 10.1. The minimum Gasteiger partial charge on any atom is -0.338 e. The Morgan fingerprint density at radius 2 is 1.93 bits per heavy atom. The van der Waals surface area contributed by atoms with E-state index >= 15 is 0 Å². The van der Waals surface area contributed by atoms with Crippen LogP contribution < -0.4 is 0 Å². The monoisotopic (exact) mass is 390 g/mol. The van der Waals surface area contributed by atoms with Crippen LogP contribution in [0.1, 0.15) is 51.5 Å². The second kappa shape index (κ2) is 7.87. The fourth-order valence-electron chi connectivity index (χ4n) is 3.13. The molecule has 28 heavy (non-hydrogen) atoms. The molecule has 0 bridgehead atoms. The largest absolute Gasteiger partial charge is 0.338 e. The van der Waals surface area contributed by atoms with E-state index in [-0.39, 0.29) is 49.5 Å². The number of alkyl halides is 2. The first-order chi connectivity index (χ1) is 13.3. The molecule has 0 saturated carbocycles. The lowest BCUT2D eigenvalue weighted by Crippen LogP contribution is -2.32. The van der Waals surface area contributed by atoms with E-state index in [1.165, 1.54) is 18.1 Å². The summed E-state index contributed by atoms with van der Waals surface area (Å²) in [5.74, 6) is -0.916. The van der Waals surface area contributed by atoms with Crippen molar-refractivity contribution in [3.05, 3.63) is 53.1 Å². The van der Waals surface area contributed by atoms with Gasteiger partial charge in [0, 0.05) is 32.4 Å². The summed E-state index contributed by atoms with van der Waals surface area (Å²) in [5, 5.41) is 0. The van der Waals surface area contributed by atoms with E-state index in [0.717, 1.165) is 16.7 Å². The fraction of sp³-hybridized carbons (Fsp3) is 0.368. The van der Waals surface area contributed by atoms with Crippen molar-refractivity contribution in [1.29, 1.82) is 0 Å². The van der Waals surface area contributed by atoms with Crippen LogP contribution in [-0.4, -0.2) is 50.7 Å². The number of hydrogen-bond donors (Lipinski definition) is 0. The quantitative estimate of drug-likeness (QED) is 0.681. The highest BCUT2D eigenvalue weighted by Crippen LogP contribution is 2.24. The maximum absolute atomic E-state index is 12.8. The van der Waals surface area contributed by atoms with Gasteiger partial charge in [0.15, 0.2) is 0 Å². The molecule has 148 valence electrons. The van der Waals surface area contributed by atoms with Crippen LogP contribution in [0.2, 0.25) is 0 Å². The minimum absolute atomic E-state index is 0.0531. The van der Waals surface area contributed by atoms with E-state index < -0.39 is 6.55 Å². The van der Waals surface area contributed by atoms with E-state index in [4.69, 9.17) is 0 Å². The molecule has 0 N–H and O–H groups in total. The molecule has 0 unspecified atom stereocenters. The van der Waals surface area contributed by atoms with Crippen LogP contribution in [0.5, 0.6) is 0 Å². The number of fused-ring (bicyclic) bond motifs is 1. The molecular formula is C19H20F2N4O3. The molecule has 3 amide bonds. The summed E-state index contributed by atoms with van der Waals surface area (Å²) >= 11 is 0. The minimum atomic E-state index is -2.72. The summed E-state index contributed by atoms with van der Waals surface area (Å²) in [5.41, 5.74) is 1.64. The Hall–Kier alpha value is -3.10. The number of halogens is 2. The van der Waals surface area contributed by atoms with Gasteiger partial charge >= 0.3 is 6.55 Å². The van der Waals surface area contributed by atoms with E-state index in [0.29, 0.717) is 15.7 Å². The molecule has 2 heterocycles. The number of amides is 3. The van der Waals surface area contributed by atoms with Crippen LogP contribution in [0.4, 0.5) is 8.78 Å². The summed E-state index contributed by atoms with van der Waals surface area (Å²) < 4.78 is 26.4. The van der Waals surface area contributed by atoms with Crippen molar-refractivity contribution < 1.29 is 23.2 Å². The molecule has 0 saturated heterocycles. The molecule has 1 aromatic carbocycles. The smallest absolute Gasteiger partial charge is 0.319 e. The molecule has 1 aromatic heterocycles. The molecule has 3 rings (SSSR count). The Morgan fingerprint density at radius 3 is 2.64 bits per heavy atom. The number of imide groups is 1. The van der Waals surface area contributed by atoms with Crippen molar-refractivity contribution in [2.75, 3.05) is 13.6 Å². The lowest BCUT2D eigenvalue weighted by molar-refractivity contribution is -0.130. The van der Waals surface area contributed by atoms with Gasteiger partial charge in [-0.15, -0.1) is 0 Å². The van der Waals surface area contributed by atoms with Crippen molar-refractivity contribution in [2.24, 2.45) is 0 Å². The standard InChI is InChI=1S/C19H20F2N4O3/c1-12-5-6-13-14(10-12)18(28)25(17(13)27)8-3-4-16(26)23(2)11-15-22-7-9-24(15)19(20)21/h5-7,9-10,19H,3-4,8,11H2,1-2H3. The average Bonchev–Trinajstić information content (AvgIpc) is 3.20. The van der Waals surface area contributed by atoms with E-state index in [1.807, 2.05) is 6.92 Å². The number of aryl methyl sites for hydroxylation is 1. The van der Waals surface area contributed by atoms with Crippen molar-refractivity contribution >= 4 is 17.7 Å². The molecule has 0 radical (unpaired) electrons. The van der Waals surface area contributed by atoms with Crippen LogP contribution in [0.15, 0.2) is 30.6 Å². The Labute approximate surface area is 160 Å². The summed E-state index contributed by atoms with van der Waals surface area (Å²) in [6, 6.07) is 5.09. The summed E-state index contributed by atoms with van der Waals surface area (Å²) in [7, 11) is 1.50. The van der Waals surface area contributed by atoms with Crippen LogP contribution in [0, 0.1) is 6.92 Å².